The molecule has 0 spiro atoms. The summed E-state index contributed by atoms with van der Waals surface area (Å²) in [7, 11) is 1.44. The highest BCUT2D eigenvalue weighted by Crippen LogP contribution is 2.26. The number of hydrogen-bond acceptors (Lipinski definition) is 5. The predicted octanol–water partition coefficient (Wildman–Crippen LogP) is 0.796. The van der Waals surface area contributed by atoms with Crippen LogP contribution in [-0.2, 0) is 18.3 Å². The van der Waals surface area contributed by atoms with Crippen LogP contribution in [0, 0.1) is 0 Å². The number of aliphatic carboxylic acids is 1. The van der Waals surface area contributed by atoms with Crippen LogP contribution in [0.4, 0.5) is 0 Å². The number of pyridine rings is 2. The molecule has 1 amide bonds. The minimum Gasteiger partial charge on any atom is -0.506 e. The van der Waals surface area contributed by atoms with Crippen molar-refractivity contribution < 1.29 is 19.8 Å². The van der Waals surface area contributed by atoms with E-state index in [0.29, 0.717) is 0 Å². The monoisotopic (exact) mass is 333 g/mol. The van der Waals surface area contributed by atoms with Crippen molar-refractivity contribution in [2.24, 2.45) is 7.05 Å². The molecule has 8 heteroatoms. The number of nitrogens with zero attached hydrogens (tertiary/aromatic N) is 2. The fourth-order valence-electron chi connectivity index (χ4n) is 2.41. The Hall–Kier alpha value is -2.90. The molecule has 2 rings (SSSR count). The molecular weight excluding hydrogens is 314 g/mol. The maximum Gasteiger partial charge on any atom is 0.322 e. The van der Waals surface area contributed by atoms with Crippen LogP contribution in [-0.4, -0.2) is 38.2 Å². The van der Waals surface area contributed by atoms with Crippen molar-refractivity contribution in [2.45, 2.75) is 26.2 Å². The van der Waals surface area contributed by atoms with Crippen molar-refractivity contribution in [2.75, 3.05) is 6.54 Å². The van der Waals surface area contributed by atoms with Crippen molar-refractivity contribution in [3.8, 4) is 5.75 Å². The number of hydrogen-bond donors (Lipinski definition) is 3. The van der Waals surface area contributed by atoms with E-state index in [-0.39, 0.29) is 11.0 Å². The van der Waals surface area contributed by atoms with Crippen LogP contribution in [0.25, 0.3) is 11.0 Å². The minimum absolute atomic E-state index is 0.257. The summed E-state index contributed by atoms with van der Waals surface area (Å²) in [6.45, 7) is 1.41. The number of carbonyl (C=O) groups excluding carboxylic acids is 1. The smallest absolute Gasteiger partial charge is 0.322 e. The number of carboxylic acids is 1. The average Bonchev–Trinajstić information content (AvgIpc) is 2.56. The molecule has 0 saturated carbocycles. The first-order chi connectivity index (χ1) is 11.4. The molecule has 0 fully saturated rings. The molecule has 0 aromatic carbocycles. The van der Waals surface area contributed by atoms with E-state index >= 15 is 0 Å². The second-order valence-electron chi connectivity index (χ2n) is 5.48. The topological polar surface area (TPSA) is 122 Å². The standard InChI is InChI=1S/C16H19N3O5/c1-3-4-5-9-6-10-13(22)12(15(23)18-8-11(20)21)16(24)19(2)14(10)17-7-9/h6-7,22H,3-5,8H2,1-2H3,(H,18,23)(H,20,21). The summed E-state index contributed by atoms with van der Waals surface area (Å²) >= 11 is 0. The third-order valence-corrected chi connectivity index (χ3v) is 3.70. The van der Waals surface area contributed by atoms with Crippen molar-refractivity contribution in [3.63, 3.8) is 0 Å². The lowest BCUT2D eigenvalue weighted by Crippen LogP contribution is -2.35. The molecule has 0 atom stereocenters. The summed E-state index contributed by atoms with van der Waals surface area (Å²) in [4.78, 5) is 39.1. The van der Waals surface area contributed by atoms with E-state index in [2.05, 4.69) is 17.2 Å². The van der Waals surface area contributed by atoms with E-state index in [1.54, 1.807) is 12.3 Å². The quantitative estimate of drug-likeness (QED) is 0.719. The zero-order valence-electron chi connectivity index (χ0n) is 13.5. The number of carbonyl (C=O) groups is 2. The van der Waals surface area contributed by atoms with Gasteiger partial charge in [-0.25, -0.2) is 4.98 Å². The van der Waals surface area contributed by atoms with Crippen molar-refractivity contribution in [3.05, 3.63) is 33.7 Å². The highest BCUT2D eigenvalue weighted by Gasteiger charge is 2.22. The first kappa shape index (κ1) is 17.5. The van der Waals surface area contributed by atoms with Gasteiger partial charge in [-0.15, -0.1) is 0 Å². The second-order valence-corrected chi connectivity index (χ2v) is 5.48. The summed E-state index contributed by atoms with van der Waals surface area (Å²) in [6.07, 6.45) is 4.36. The van der Waals surface area contributed by atoms with Crippen LogP contribution >= 0.6 is 0 Å². The Labute approximate surface area is 137 Å². The van der Waals surface area contributed by atoms with Crippen LogP contribution in [0.1, 0.15) is 35.7 Å². The molecule has 128 valence electrons. The van der Waals surface area contributed by atoms with E-state index in [9.17, 15) is 19.5 Å². The lowest BCUT2D eigenvalue weighted by molar-refractivity contribution is -0.135. The van der Waals surface area contributed by atoms with Gasteiger partial charge in [0, 0.05) is 13.2 Å². The van der Waals surface area contributed by atoms with E-state index < -0.39 is 35.3 Å². The molecule has 24 heavy (non-hydrogen) atoms. The zero-order valence-corrected chi connectivity index (χ0v) is 13.5. The number of unbranched alkanes of at least 4 members (excludes halogenated alkanes) is 1. The summed E-state index contributed by atoms with van der Waals surface area (Å²) in [5.74, 6) is -2.66. The maximum atomic E-state index is 12.3. The number of rotatable bonds is 6. The van der Waals surface area contributed by atoms with Crippen LogP contribution in [0.5, 0.6) is 5.75 Å². The van der Waals surface area contributed by atoms with Crippen molar-refractivity contribution in [1.82, 2.24) is 14.9 Å². The molecule has 0 saturated heterocycles. The van der Waals surface area contributed by atoms with Crippen LogP contribution in [0.15, 0.2) is 17.1 Å². The van der Waals surface area contributed by atoms with Crippen LogP contribution in [0.2, 0.25) is 0 Å². The van der Waals surface area contributed by atoms with Gasteiger partial charge in [0.2, 0.25) is 0 Å². The summed E-state index contributed by atoms with van der Waals surface area (Å²) < 4.78 is 1.16. The minimum atomic E-state index is -1.25. The van der Waals surface area contributed by atoms with Crippen molar-refractivity contribution >= 4 is 22.9 Å². The third kappa shape index (κ3) is 3.37. The molecule has 2 aromatic rings. The first-order valence-electron chi connectivity index (χ1n) is 7.57. The van der Waals surface area contributed by atoms with Gasteiger partial charge in [0.15, 0.2) is 0 Å². The Morgan fingerprint density at radius 2 is 2.08 bits per heavy atom. The Kier molecular flexibility index (Phi) is 5.18. The Bertz CT molecular complexity index is 857. The van der Waals surface area contributed by atoms with Gasteiger partial charge in [-0.3, -0.25) is 19.0 Å². The van der Waals surface area contributed by atoms with Gasteiger partial charge in [0.05, 0.1) is 5.39 Å². The molecule has 2 heterocycles. The zero-order chi connectivity index (χ0) is 17.9. The number of fused-ring (bicyclic) bond motifs is 1. The van der Waals surface area contributed by atoms with Crippen LogP contribution < -0.4 is 10.9 Å². The Balaban J connectivity index is 2.57. The molecule has 0 aliphatic carbocycles. The van der Waals surface area contributed by atoms with Gasteiger partial charge < -0.3 is 15.5 Å². The number of nitrogens with one attached hydrogen (secondary N) is 1. The normalized spacial score (nSPS) is 10.8. The maximum absolute atomic E-state index is 12.3. The summed E-state index contributed by atoms with van der Waals surface area (Å²) in [6, 6.07) is 1.70. The first-order valence-corrected chi connectivity index (χ1v) is 7.57. The van der Waals surface area contributed by atoms with E-state index in [4.69, 9.17) is 5.11 Å². The number of carboxylic acid groups (broad SMARTS) is 1. The van der Waals surface area contributed by atoms with E-state index in [1.807, 2.05) is 0 Å². The highest BCUT2D eigenvalue weighted by molar-refractivity contribution is 6.02. The highest BCUT2D eigenvalue weighted by atomic mass is 16.4. The fraction of sp³-hybridized carbons (Fsp3) is 0.375. The number of aromatic hydroxyl groups is 1. The lowest BCUT2D eigenvalue weighted by atomic mass is 10.1. The molecule has 2 aromatic heterocycles. The van der Waals surface area contributed by atoms with E-state index in [1.165, 1.54) is 7.05 Å². The molecule has 8 nitrogen and oxygen atoms in total. The molecular formula is C16H19N3O5. The average molecular weight is 333 g/mol. The number of aromatic nitrogens is 2. The number of aryl methyl sites for hydroxylation is 2. The van der Waals surface area contributed by atoms with Crippen molar-refractivity contribution in [1.29, 1.82) is 0 Å². The molecule has 0 aliphatic rings. The van der Waals surface area contributed by atoms with Gasteiger partial charge in [-0.1, -0.05) is 13.3 Å². The van der Waals surface area contributed by atoms with Gasteiger partial charge in [-0.05, 0) is 24.5 Å². The fourth-order valence-corrected chi connectivity index (χ4v) is 2.41. The third-order valence-electron chi connectivity index (χ3n) is 3.70. The predicted molar refractivity (Wildman–Crippen MR) is 87.2 cm³/mol. The van der Waals surface area contributed by atoms with Gasteiger partial charge >= 0.3 is 5.97 Å². The molecule has 0 radical (unpaired) electrons. The molecule has 0 bridgehead atoms. The summed E-state index contributed by atoms with van der Waals surface area (Å²) in [5, 5.41) is 21.4. The Morgan fingerprint density at radius 3 is 2.71 bits per heavy atom. The van der Waals surface area contributed by atoms with Gasteiger partial charge in [0.25, 0.3) is 11.5 Å². The summed E-state index contributed by atoms with van der Waals surface area (Å²) in [5.41, 5.74) is -0.0832. The van der Waals surface area contributed by atoms with Gasteiger partial charge in [-0.2, -0.15) is 0 Å². The van der Waals surface area contributed by atoms with Crippen LogP contribution in [0.3, 0.4) is 0 Å². The largest absolute Gasteiger partial charge is 0.506 e. The van der Waals surface area contributed by atoms with E-state index in [0.717, 1.165) is 29.4 Å². The molecule has 3 N–H and O–H groups in total. The number of amides is 1. The second kappa shape index (κ2) is 7.12. The molecule has 0 unspecified atom stereocenters. The van der Waals surface area contributed by atoms with Gasteiger partial charge in [0.1, 0.15) is 23.5 Å². The Morgan fingerprint density at radius 1 is 1.38 bits per heavy atom. The molecule has 0 aliphatic heterocycles. The lowest BCUT2D eigenvalue weighted by Gasteiger charge is -2.12. The SMILES string of the molecule is CCCCc1cnc2c(c1)c(O)c(C(=O)NCC(=O)O)c(=O)n2C.